The van der Waals surface area contributed by atoms with E-state index in [0.717, 1.165) is 0 Å². The molecule has 1 fully saturated rings. The van der Waals surface area contributed by atoms with Crippen molar-refractivity contribution in [1.82, 2.24) is 10.2 Å². The fraction of sp³-hybridized carbons (Fsp3) is 0.900. The van der Waals surface area contributed by atoms with E-state index in [1.54, 1.807) is 11.9 Å². The van der Waals surface area contributed by atoms with Crippen LogP contribution < -0.4 is 5.32 Å². The molecule has 0 aromatic carbocycles. The van der Waals surface area contributed by atoms with Crippen molar-refractivity contribution in [1.29, 1.82) is 0 Å². The summed E-state index contributed by atoms with van der Waals surface area (Å²) in [5.41, 5.74) is -0.592. The molecule has 2 N–H and O–H groups in total. The standard InChI is InChI=1S/C10H20N2O3/c1-10(2,11-3)9(14)12-4-5-15-7-8(12)6-13/h8,11,13H,4-7H2,1-3H3. The van der Waals surface area contributed by atoms with Crippen LogP contribution in [0.3, 0.4) is 0 Å². The van der Waals surface area contributed by atoms with Gasteiger partial charge in [0, 0.05) is 6.54 Å². The van der Waals surface area contributed by atoms with Gasteiger partial charge < -0.3 is 20.1 Å². The van der Waals surface area contributed by atoms with Crippen molar-refractivity contribution in [2.24, 2.45) is 0 Å². The Balaban J connectivity index is 2.72. The van der Waals surface area contributed by atoms with E-state index in [0.29, 0.717) is 19.8 Å². The minimum absolute atomic E-state index is 0.00681. The molecule has 0 bridgehead atoms. The molecule has 1 aliphatic rings. The molecule has 0 aromatic rings. The summed E-state index contributed by atoms with van der Waals surface area (Å²) >= 11 is 0. The SMILES string of the molecule is CNC(C)(C)C(=O)N1CCOCC1CO. The second kappa shape index (κ2) is 4.92. The van der Waals surface area contributed by atoms with Crippen molar-refractivity contribution in [3.8, 4) is 0 Å². The highest BCUT2D eigenvalue weighted by atomic mass is 16.5. The average Bonchev–Trinajstić information content (AvgIpc) is 2.28. The van der Waals surface area contributed by atoms with Gasteiger partial charge >= 0.3 is 0 Å². The van der Waals surface area contributed by atoms with Gasteiger partial charge in [0.25, 0.3) is 0 Å². The van der Waals surface area contributed by atoms with Crippen LogP contribution in [-0.4, -0.2) is 60.9 Å². The zero-order valence-corrected chi connectivity index (χ0v) is 9.62. The molecule has 5 nitrogen and oxygen atoms in total. The summed E-state index contributed by atoms with van der Waals surface area (Å²) in [4.78, 5) is 13.8. The number of ether oxygens (including phenoxy) is 1. The summed E-state index contributed by atoms with van der Waals surface area (Å²) < 4.78 is 5.23. The fourth-order valence-corrected chi connectivity index (χ4v) is 1.54. The number of nitrogens with one attached hydrogen (secondary N) is 1. The molecular weight excluding hydrogens is 196 g/mol. The number of hydrogen-bond donors (Lipinski definition) is 2. The number of rotatable bonds is 3. The number of amides is 1. The molecule has 1 rings (SSSR count). The van der Waals surface area contributed by atoms with Crippen LogP contribution in [0.5, 0.6) is 0 Å². The summed E-state index contributed by atoms with van der Waals surface area (Å²) in [6, 6.07) is -0.209. The Hall–Kier alpha value is -0.650. The molecule has 0 spiro atoms. The Kier molecular flexibility index (Phi) is 4.07. The first-order valence-electron chi connectivity index (χ1n) is 5.21. The van der Waals surface area contributed by atoms with E-state index < -0.39 is 5.54 Å². The highest BCUT2D eigenvalue weighted by molar-refractivity contribution is 5.85. The second-order valence-corrected chi connectivity index (χ2v) is 4.28. The highest BCUT2D eigenvalue weighted by Gasteiger charge is 2.35. The van der Waals surface area contributed by atoms with E-state index in [2.05, 4.69) is 5.32 Å². The van der Waals surface area contributed by atoms with Gasteiger partial charge in [0.2, 0.25) is 5.91 Å². The van der Waals surface area contributed by atoms with Crippen molar-refractivity contribution in [2.75, 3.05) is 33.4 Å². The Morgan fingerprint density at radius 2 is 2.33 bits per heavy atom. The lowest BCUT2D eigenvalue weighted by Gasteiger charge is -2.39. The van der Waals surface area contributed by atoms with Gasteiger partial charge in [0.1, 0.15) is 0 Å². The molecule has 1 amide bonds. The Morgan fingerprint density at radius 3 is 2.87 bits per heavy atom. The number of morpholine rings is 1. The maximum Gasteiger partial charge on any atom is 0.242 e. The monoisotopic (exact) mass is 216 g/mol. The number of aliphatic hydroxyl groups excluding tert-OH is 1. The molecule has 0 aromatic heterocycles. The zero-order valence-electron chi connectivity index (χ0n) is 9.62. The van der Waals surface area contributed by atoms with Crippen molar-refractivity contribution in [3.63, 3.8) is 0 Å². The Bertz CT molecular complexity index is 231. The van der Waals surface area contributed by atoms with Gasteiger partial charge in [-0.1, -0.05) is 0 Å². The van der Waals surface area contributed by atoms with Crippen LogP contribution in [0.25, 0.3) is 0 Å². The molecule has 0 saturated carbocycles. The number of likely N-dealkylation sites (N-methyl/N-ethyl adjacent to an activating group) is 1. The lowest BCUT2D eigenvalue weighted by molar-refractivity contribution is -0.147. The average molecular weight is 216 g/mol. The highest BCUT2D eigenvalue weighted by Crippen LogP contribution is 2.13. The lowest BCUT2D eigenvalue weighted by Crippen LogP contribution is -2.59. The molecule has 1 atom stereocenters. The number of carbonyl (C=O) groups excluding carboxylic acids is 1. The number of aliphatic hydroxyl groups is 1. The minimum Gasteiger partial charge on any atom is -0.394 e. The number of carbonyl (C=O) groups is 1. The normalized spacial score (nSPS) is 22.9. The molecule has 0 aliphatic carbocycles. The predicted octanol–water partition coefficient (Wildman–Crippen LogP) is -0.796. The van der Waals surface area contributed by atoms with Gasteiger partial charge in [0.05, 0.1) is 31.4 Å². The molecular formula is C10H20N2O3. The van der Waals surface area contributed by atoms with Gasteiger partial charge in [-0.15, -0.1) is 0 Å². The second-order valence-electron chi connectivity index (χ2n) is 4.28. The third-order valence-electron chi connectivity index (χ3n) is 2.86. The summed E-state index contributed by atoms with van der Waals surface area (Å²) in [6.45, 7) is 5.13. The molecule has 15 heavy (non-hydrogen) atoms. The van der Waals surface area contributed by atoms with Crippen LogP contribution in [0.2, 0.25) is 0 Å². The predicted molar refractivity (Wildman–Crippen MR) is 56.5 cm³/mol. The molecule has 1 saturated heterocycles. The van der Waals surface area contributed by atoms with Gasteiger partial charge in [0.15, 0.2) is 0 Å². The van der Waals surface area contributed by atoms with E-state index in [4.69, 9.17) is 9.84 Å². The summed E-state index contributed by atoms with van der Waals surface area (Å²) in [5.74, 6) is 0.00681. The van der Waals surface area contributed by atoms with Gasteiger partial charge in [-0.05, 0) is 20.9 Å². The van der Waals surface area contributed by atoms with E-state index in [1.165, 1.54) is 0 Å². The van der Waals surface area contributed by atoms with E-state index in [1.807, 2.05) is 13.8 Å². The Labute approximate surface area is 90.4 Å². The largest absolute Gasteiger partial charge is 0.394 e. The quantitative estimate of drug-likeness (QED) is 0.648. The summed E-state index contributed by atoms with van der Waals surface area (Å²) in [6.07, 6.45) is 0. The zero-order chi connectivity index (χ0) is 11.5. The van der Waals surface area contributed by atoms with Crippen molar-refractivity contribution >= 4 is 5.91 Å². The van der Waals surface area contributed by atoms with E-state index in [9.17, 15) is 4.79 Å². The first-order valence-corrected chi connectivity index (χ1v) is 5.21. The van der Waals surface area contributed by atoms with Crippen LogP contribution >= 0.6 is 0 Å². The van der Waals surface area contributed by atoms with Crippen molar-refractivity contribution in [2.45, 2.75) is 25.4 Å². The van der Waals surface area contributed by atoms with Crippen LogP contribution in [0.4, 0.5) is 0 Å². The molecule has 5 heteroatoms. The van der Waals surface area contributed by atoms with Crippen molar-refractivity contribution in [3.05, 3.63) is 0 Å². The van der Waals surface area contributed by atoms with Crippen molar-refractivity contribution < 1.29 is 14.6 Å². The van der Waals surface area contributed by atoms with Crippen LogP contribution in [0.15, 0.2) is 0 Å². The van der Waals surface area contributed by atoms with Crippen LogP contribution in [-0.2, 0) is 9.53 Å². The minimum atomic E-state index is -0.592. The molecule has 1 unspecified atom stereocenters. The summed E-state index contributed by atoms with van der Waals surface area (Å²) in [7, 11) is 1.76. The first kappa shape index (κ1) is 12.4. The van der Waals surface area contributed by atoms with E-state index >= 15 is 0 Å². The maximum atomic E-state index is 12.1. The Morgan fingerprint density at radius 1 is 1.67 bits per heavy atom. The maximum absolute atomic E-state index is 12.1. The fourth-order valence-electron chi connectivity index (χ4n) is 1.54. The smallest absolute Gasteiger partial charge is 0.242 e. The molecule has 0 radical (unpaired) electrons. The van der Waals surface area contributed by atoms with Gasteiger partial charge in [-0.3, -0.25) is 4.79 Å². The first-order chi connectivity index (χ1) is 7.03. The molecule has 1 aliphatic heterocycles. The van der Waals surface area contributed by atoms with Crippen LogP contribution in [0, 0.1) is 0 Å². The lowest BCUT2D eigenvalue weighted by atomic mass is 10.0. The number of nitrogens with zero attached hydrogens (tertiary/aromatic N) is 1. The summed E-state index contributed by atoms with van der Waals surface area (Å²) in [5, 5.41) is 12.1. The third-order valence-corrected chi connectivity index (χ3v) is 2.86. The molecule has 1 heterocycles. The van der Waals surface area contributed by atoms with Gasteiger partial charge in [-0.2, -0.15) is 0 Å². The van der Waals surface area contributed by atoms with Crippen LogP contribution in [0.1, 0.15) is 13.8 Å². The molecule has 88 valence electrons. The topological polar surface area (TPSA) is 61.8 Å². The number of hydrogen-bond acceptors (Lipinski definition) is 4. The third kappa shape index (κ3) is 2.68. The van der Waals surface area contributed by atoms with Gasteiger partial charge in [-0.25, -0.2) is 0 Å². The van der Waals surface area contributed by atoms with E-state index in [-0.39, 0.29) is 18.6 Å².